The predicted octanol–water partition coefficient (Wildman–Crippen LogP) is 4.85. The van der Waals surface area contributed by atoms with Crippen LogP contribution in [0.25, 0.3) is 0 Å². The summed E-state index contributed by atoms with van der Waals surface area (Å²) in [6, 6.07) is 2.51. The van der Waals surface area contributed by atoms with E-state index in [0.717, 1.165) is 37.0 Å². The van der Waals surface area contributed by atoms with Gasteiger partial charge in [0.25, 0.3) is 5.91 Å². The number of rotatable bonds is 7. The minimum absolute atomic E-state index is 0.144. The van der Waals surface area contributed by atoms with Crippen molar-refractivity contribution in [3.05, 3.63) is 29.8 Å². The zero-order valence-corrected chi connectivity index (χ0v) is 22.2. The Bertz CT molecular complexity index is 981. The molecule has 1 aromatic rings. The molecular formula is C25H34N2O6S2. The molecule has 1 N–H and O–H groups in total. The quantitative estimate of drug-likeness (QED) is 0.402. The number of aliphatic hydroxyl groups excluding tert-OH is 1. The average Bonchev–Trinajstić information content (AvgIpc) is 3.24. The Morgan fingerprint density at radius 1 is 1.20 bits per heavy atom. The molecule has 35 heavy (non-hydrogen) atoms. The second-order valence-electron chi connectivity index (χ2n) is 9.25. The molecule has 4 rings (SSSR count). The van der Waals surface area contributed by atoms with Crippen LogP contribution in [0.15, 0.2) is 24.3 Å². The molecule has 0 bridgehead atoms. The molecule has 192 valence electrons. The van der Waals surface area contributed by atoms with Crippen LogP contribution in [0.4, 0.5) is 10.5 Å². The number of nitrogens with zero attached hydrogens (tertiary/aromatic N) is 2. The Balaban J connectivity index is 1.69. The van der Waals surface area contributed by atoms with Gasteiger partial charge in [-0.15, -0.1) is 0 Å². The van der Waals surface area contributed by atoms with E-state index in [4.69, 9.17) is 14.2 Å². The lowest BCUT2D eigenvalue weighted by molar-refractivity contribution is 0.0480. The summed E-state index contributed by atoms with van der Waals surface area (Å²) in [5.74, 6) is 1.41. The number of aliphatic hydroxyl groups is 1. The summed E-state index contributed by atoms with van der Waals surface area (Å²) in [5, 5.41) is 11.4. The third-order valence-corrected chi connectivity index (χ3v) is 10.3. The highest BCUT2D eigenvalue weighted by Gasteiger charge is 2.47. The van der Waals surface area contributed by atoms with Crippen LogP contribution in [-0.4, -0.2) is 72.1 Å². The molecule has 10 heteroatoms. The number of amides is 2. The van der Waals surface area contributed by atoms with Crippen molar-refractivity contribution in [2.45, 2.75) is 62.5 Å². The van der Waals surface area contributed by atoms with Crippen LogP contribution in [0.1, 0.15) is 55.8 Å². The molecule has 1 aliphatic carbocycles. The largest absolute Gasteiger partial charge is 0.493 e. The van der Waals surface area contributed by atoms with Crippen molar-refractivity contribution in [1.82, 2.24) is 4.90 Å². The van der Waals surface area contributed by atoms with Gasteiger partial charge in [-0.25, -0.2) is 9.69 Å². The summed E-state index contributed by atoms with van der Waals surface area (Å²) >= 11 is 0. The Hall–Kier alpha value is -2.04. The highest BCUT2D eigenvalue weighted by atomic mass is 33.1. The van der Waals surface area contributed by atoms with Crippen molar-refractivity contribution in [3.63, 3.8) is 0 Å². The van der Waals surface area contributed by atoms with Crippen LogP contribution in [-0.2, 0) is 4.74 Å². The minimum Gasteiger partial charge on any atom is -0.493 e. The summed E-state index contributed by atoms with van der Waals surface area (Å²) in [4.78, 5) is 29.9. The van der Waals surface area contributed by atoms with E-state index in [1.807, 2.05) is 0 Å². The first kappa shape index (κ1) is 26.0. The summed E-state index contributed by atoms with van der Waals surface area (Å²) in [5.41, 5.74) is 1.33. The average molecular weight is 523 g/mol. The minimum atomic E-state index is -1.29. The topological polar surface area (TPSA) is 88.5 Å². The standard InChI is InChI=1S/C25H34N2O6S2/c1-5-34-35-25(9-7-6-8-10-25)15-33-24(30)27-18-13-21(32-4)20(31-3)12-17(18)22(28)26-14-16(2)11-19(26)23(27)29/h12-13,19,23,29H,2,5-11,14-15H2,1,3-4H3/t19-,23?/m0/s1. The fourth-order valence-corrected chi connectivity index (χ4v) is 7.80. The molecule has 2 atom stereocenters. The third kappa shape index (κ3) is 5.11. The molecule has 0 aromatic heterocycles. The van der Waals surface area contributed by atoms with Gasteiger partial charge in [-0.3, -0.25) is 4.79 Å². The van der Waals surface area contributed by atoms with Crippen LogP contribution in [0.2, 0.25) is 0 Å². The van der Waals surface area contributed by atoms with Gasteiger partial charge in [0.15, 0.2) is 17.7 Å². The Morgan fingerprint density at radius 2 is 1.89 bits per heavy atom. The van der Waals surface area contributed by atoms with E-state index in [0.29, 0.717) is 24.5 Å². The van der Waals surface area contributed by atoms with Crippen LogP contribution in [0, 0.1) is 0 Å². The van der Waals surface area contributed by atoms with E-state index in [-0.39, 0.29) is 28.5 Å². The van der Waals surface area contributed by atoms with Crippen molar-refractivity contribution in [1.29, 1.82) is 0 Å². The van der Waals surface area contributed by atoms with E-state index in [1.54, 1.807) is 38.6 Å². The maximum Gasteiger partial charge on any atom is 0.416 e. The lowest BCUT2D eigenvalue weighted by Gasteiger charge is -2.37. The highest BCUT2D eigenvalue weighted by Crippen LogP contribution is 2.47. The van der Waals surface area contributed by atoms with Gasteiger partial charge in [0, 0.05) is 18.4 Å². The fraction of sp³-hybridized carbons (Fsp3) is 0.600. The second-order valence-corrected chi connectivity index (χ2v) is 12.3. The summed E-state index contributed by atoms with van der Waals surface area (Å²) in [6.45, 7) is 6.71. The first-order valence-electron chi connectivity index (χ1n) is 12.0. The molecular weight excluding hydrogens is 488 g/mol. The van der Waals surface area contributed by atoms with E-state index in [9.17, 15) is 14.7 Å². The van der Waals surface area contributed by atoms with Crippen LogP contribution < -0.4 is 14.4 Å². The van der Waals surface area contributed by atoms with E-state index in [2.05, 4.69) is 13.5 Å². The number of hydrogen-bond acceptors (Lipinski definition) is 8. The zero-order valence-electron chi connectivity index (χ0n) is 20.6. The summed E-state index contributed by atoms with van der Waals surface area (Å²) in [6.07, 6.45) is 3.81. The predicted molar refractivity (Wildman–Crippen MR) is 140 cm³/mol. The lowest BCUT2D eigenvalue weighted by Crippen LogP contribution is -2.51. The highest BCUT2D eigenvalue weighted by molar-refractivity contribution is 8.77. The van der Waals surface area contributed by atoms with Gasteiger partial charge in [0.2, 0.25) is 0 Å². The van der Waals surface area contributed by atoms with Crippen LogP contribution >= 0.6 is 21.6 Å². The molecule has 2 fully saturated rings. The molecule has 0 radical (unpaired) electrons. The molecule has 1 saturated heterocycles. The second kappa shape index (κ2) is 10.9. The van der Waals surface area contributed by atoms with Gasteiger partial charge in [-0.05, 0) is 25.3 Å². The van der Waals surface area contributed by atoms with Gasteiger partial charge in [-0.2, -0.15) is 0 Å². The number of hydrogen-bond donors (Lipinski definition) is 1. The molecule has 3 aliphatic rings. The Kier molecular flexibility index (Phi) is 8.12. The van der Waals surface area contributed by atoms with Crippen molar-refractivity contribution >= 4 is 39.3 Å². The number of carbonyl (C=O) groups excluding carboxylic acids is 2. The molecule has 1 saturated carbocycles. The molecule has 8 nitrogen and oxygen atoms in total. The third-order valence-electron chi connectivity index (χ3n) is 6.93. The molecule has 2 aliphatic heterocycles. The van der Waals surface area contributed by atoms with Crippen molar-refractivity contribution in [3.8, 4) is 11.5 Å². The van der Waals surface area contributed by atoms with Crippen molar-refractivity contribution < 1.29 is 28.9 Å². The lowest BCUT2D eigenvalue weighted by atomic mass is 9.89. The Labute approximate surface area is 214 Å². The number of anilines is 1. The van der Waals surface area contributed by atoms with Gasteiger partial charge in [0.05, 0.1) is 36.3 Å². The molecule has 1 unspecified atom stereocenters. The first-order valence-corrected chi connectivity index (χ1v) is 14.3. The first-order chi connectivity index (χ1) is 16.8. The fourth-order valence-electron chi connectivity index (χ4n) is 5.13. The van der Waals surface area contributed by atoms with Gasteiger partial charge < -0.3 is 24.2 Å². The van der Waals surface area contributed by atoms with E-state index < -0.39 is 18.4 Å². The SMILES string of the molecule is C=C1C[C@H]2C(O)N(C(=O)OCC3(SSCC)CCCCC3)c3cc(OC)c(OC)cc3C(=O)N2C1. The van der Waals surface area contributed by atoms with Crippen molar-refractivity contribution in [2.75, 3.05) is 38.0 Å². The molecule has 0 spiro atoms. The molecule has 2 amide bonds. The van der Waals surface area contributed by atoms with Crippen LogP contribution in [0.5, 0.6) is 11.5 Å². The zero-order chi connectivity index (χ0) is 25.2. The van der Waals surface area contributed by atoms with Gasteiger partial charge in [-0.1, -0.05) is 59.9 Å². The Morgan fingerprint density at radius 3 is 2.54 bits per heavy atom. The summed E-state index contributed by atoms with van der Waals surface area (Å²) in [7, 11) is 6.56. The van der Waals surface area contributed by atoms with Gasteiger partial charge in [0.1, 0.15) is 6.61 Å². The molecule has 2 heterocycles. The number of methoxy groups -OCH3 is 2. The van der Waals surface area contributed by atoms with Crippen LogP contribution in [0.3, 0.4) is 0 Å². The van der Waals surface area contributed by atoms with Crippen molar-refractivity contribution in [2.24, 2.45) is 0 Å². The van der Waals surface area contributed by atoms with Gasteiger partial charge >= 0.3 is 6.09 Å². The van der Waals surface area contributed by atoms with E-state index in [1.165, 1.54) is 25.5 Å². The maximum atomic E-state index is 13.6. The summed E-state index contributed by atoms with van der Waals surface area (Å²) < 4.78 is 16.6. The number of ether oxygens (including phenoxy) is 3. The normalized spacial score (nSPS) is 23.4. The monoisotopic (exact) mass is 522 g/mol. The smallest absolute Gasteiger partial charge is 0.416 e. The number of fused-ring (bicyclic) bond motifs is 2. The number of benzene rings is 1. The number of carbonyl (C=O) groups is 2. The molecule has 1 aromatic carbocycles. The maximum absolute atomic E-state index is 13.6. The van der Waals surface area contributed by atoms with E-state index >= 15 is 0 Å².